The number of rotatable bonds is 4. The SMILES string of the molecule is O=S(=O)(F)CCc1ccc(-c2ccccc2)s1. The molecule has 1 aromatic carbocycles. The van der Waals surface area contributed by atoms with E-state index in [0.29, 0.717) is 0 Å². The van der Waals surface area contributed by atoms with Crippen molar-refractivity contribution in [3.63, 3.8) is 0 Å². The summed E-state index contributed by atoms with van der Waals surface area (Å²) < 4.78 is 33.2. The Kier molecular flexibility index (Phi) is 3.59. The molecule has 0 aliphatic carbocycles. The Labute approximate surface area is 104 Å². The van der Waals surface area contributed by atoms with Gasteiger partial charge in [0.25, 0.3) is 0 Å². The first-order valence-electron chi connectivity index (χ1n) is 5.11. The average Bonchev–Trinajstić information content (AvgIpc) is 2.75. The molecule has 2 nitrogen and oxygen atoms in total. The van der Waals surface area contributed by atoms with Crippen molar-refractivity contribution < 1.29 is 12.3 Å². The number of hydrogen-bond donors (Lipinski definition) is 0. The first kappa shape index (κ1) is 12.3. The van der Waals surface area contributed by atoms with Crippen LogP contribution in [0.2, 0.25) is 0 Å². The quantitative estimate of drug-likeness (QED) is 0.799. The van der Waals surface area contributed by atoms with Crippen molar-refractivity contribution in [1.29, 1.82) is 0 Å². The second-order valence-electron chi connectivity index (χ2n) is 3.62. The van der Waals surface area contributed by atoms with Crippen LogP contribution < -0.4 is 0 Å². The van der Waals surface area contributed by atoms with Crippen LogP contribution in [0.3, 0.4) is 0 Å². The maximum absolute atomic E-state index is 12.4. The summed E-state index contributed by atoms with van der Waals surface area (Å²) in [6.07, 6.45) is 0.232. The monoisotopic (exact) mass is 270 g/mol. The van der Waals surface area contributed by atoms with Gasteiger partial charge in [-0.25, -0.2) is 0 Å². The van der Waals surface area contributed by atoms with Gasteiger partial charge in [-0.2, -0.15) is 8.42 Å². The van der Waals surface area contributed by atoms with E-state index in [1.54, 1.807) is 0 Å². The first-order chi connectivity index (χ1) is 8.04. The maximum atomic E-state index is 12.4. The van der Waals surface area contributed by atoms with Gasteiger partial charge in [0, 0.05) is 9.75 Å². The third-order valence-electron chi connectivity index (χ3n) is 2.31. The third-order valence-corrected chi connectivity index (χ3v) is 4.20. The highest BCUT2D eigenvalue weighted by molar-refractivity contribution is 7.86. The van der Waals surface area contributed by atoms with E-state index in [9.17, 15) is 12.3 Å². The van der Waals surface area contributed by atoms with Crippen LogP contribution in [0.15, 0.2) is 42.5 Å². The average molecular weight is 270 g/mol. The minimum atomic E-state index is -4.37. The lowest BCUT2D eigenvalue weighted by Crippen LogP contribution is -2.00. The van der Waals surface area contributed by atoms with Gasteiger partial charge in [-0.1, -0.05) is 30.3 Å². The van der Waals surface area contributed by atoms with Crippen LogP contribution in [0.5, 0.6) is 0 Å². The minimum Gasteiger partial charge on any atom is -0.195 e. The molecule has 0 radical (unpaired) electrons. The zero-order chi connectivity index (χ0) is 12.3. The van der Waals surface area contributed by atoms with E-state index in [2.05, 4.69) is 0 Å². The molecule has 90 valence electrons. The van der Waals surface area contributed by atoms with Gasteiger partial charge in [0.05, 0.1) is 5.75 Å². The highest BCUT2D eigenvalue weighted by Gasteiger charge is 2.09. The number of hydrogen-bond acceptors (Lipinski definition) is 3. The Morgan fingerprint density at radius 2 is 1.76 bits per heavy atom. The van der Waals surface area contributed by atoms with E-state index in [0.717, 1.165) is 15.3 Å². The number of thiophene rings is 1. The van der Waals surface area contributed by atoms with Crippen LogP contribution >= 0.6 is 11.3 Å². The van der Waals surface area contributed by atoms with Crippen molar-refractivity contribution >= 4 is 21.6 Å². The van der Waals surface area contributed by atoms with E-state index in [-0.39, 0.29) is 6.42 Å². The standard InChI is InChI=1S/C12H11FO2S2/c13-17(14,15)9-8-11-6-7-12(16-11)10-4-2-1-3-5-10/h1-7H,8-9H2. The molecule has 0 fully saturated rings. The summed E-state index contributed by atoms with van der Waals surface area (Å²) in [4.78, 5) is 1.95. The van der Waals surface area contributed by atoms with Gasteiger partial charge in [-0.15, -0.1) is 15.2 Å². The predicted molar refractivity (Wildman–Crippen MR) is 68.4 cm³/mol. The normalized spacial score (nSPS) is 11.6. The molecule has 0 unspecified atom stereocenters. The maximum Gasteiger partial charge on any atom is 0.302 e. The fraction of sp³-hybridized carbons (Fsp3) is 0.167. The van der Waals surface area contributed by atoms with Crippen molar-refractivity contribution in [3.05, 3.63) is 47.3 Å². The lowest BCUT2D eigenvalue weighted by atomic mass is 10.2. The highest BCUT2D eigenvalue weighted by Crippen LogP contribution is 2.28. The molecule has 0 N–H and O–H groups in total. The van der Waals surface area contributed by atoms with Crippen molar-refractivity contribution in [2.24, 2.45) is 0 Å². The van der Waals surface area contributed by atoms with Gasteiger partial charge in [-0.3, -0.25) is 0 Å². The number of aryl methyl sites for hydroxylation is 1. The van der Waals surface area contributed by atoms with Crippen molar-refractivity contribution in [1.82, 2.24) is 0 Å². The summed E-state index contributed by atoms with van der Waals surface area (Å²) >= 11 is 1.50. The Bertz CT molecular complexity index is 588. The van der Waals surface area contributed by atoms with Crippen LogP contribution in [0.1, 0.15) is 4.88 Å². The Hall–Kier alpha value is -1.20. The van der Waals surface area contributed by atoms with E-state index >= 15 is 0 Å². The van der Waals surface area contributed by atoms with E-state index in [1.165, 1.54) is 11.3 Å². The fourth-order valence-electron chi connectivity index (χ4n) is 1.49. The molecule has 2 rings (SSSR count). The summed E-state index contributed by atoms with van der Waals surface area (Å²) in [5.41, 5.74) is 1.09. The third kappa shape index (κ3) is 3.64. The second kappa shape index (κ2) is 4.98. The largest absolute Gasteiger partial charge is 0.302 e. The van der Waals surface area contributed by atoms with Crippen LogP contribution in [-0.4, -0.2) is 14.2 Å². The van der Waals surface area contributed by atoms with Crippen LogP contribution in [0, 0.1) is 0 Å². The van der Waals surface area contributed by atoms with E-state index in [4.69, 9.17) is 0 Å². The van der Waals surface area contributed by atoms with Gasteiger partial charge in [-0.05, 0) is 24.1 Å². The Balaban J connectivity index is 2.12. The molecule has 17 heavy (non-hydrogen) atoms. The second-order valence-corrected chi connectivity index (χ2v) is 6.28. The lowest BCUT2D eigenvalue weighted by Gasteiger charge is -1.95. The molecule has 0 saturated heterocycles. The van der Waals surface area contributed by atoms with Gasteiger partial charge in [0.2, 0.25) is 0 Å². The highest BCUT2D eigenvalue weighted by atomic mass is 32.3. The molecule has 0 bridgehead atoms. The zero-order valence-electron chi connectivity index (χ0n) is 8.97. The molecular formula is C12H11FO2S2. The number of benzene rings is 1. The summed E-state index contributed by atoms with van der Waals surface area (Å²) in [6.45, 7) is 0. The smallest absolute Gasteiger partial charge is 0.195 e. The molecule has 0 amide bonds. The summed E-state index contributed by atoms with van der Waals surface area (Å²) in [5.74, 6) is -0.443. The van der Waals surface area contributed by atoms with Gasteiger partial charge >= 0.3 is 10.2 Å². The molecule has 2 aromatic rings. The molecule has 0 saturated carbocycles. The molecule has 1 aromatic heterocycles. The van der Waals surface area contributed by atoms with Gasteiger partial charge in [0.1, 0.15) is 0 Å². The van der Waals surface area contributed by atoms with E-state index < -0.39 is 16.0 Å². The summed E-state index contributed by atoms with van der Waals surface area (Å²) in [5, 5.41) is 0. The first-order valence-corrected chi connectivity index (χ1v) is 7.48. The fourth-order valence-corrected chi connectivity index (χ4v) is 3.10. The van der Waals surface area contributed by atoms with Crippen LogP contribution in [-0.2, 0) is 16.6 Å². The topological polar surface area (TPSA) is 34.1 Å². The summed E-state index contributed by atoms with van der Waals surface area (Å²) in [7, 11) is -4.37. The Morgan fingerprint density at radius 3 is 2.41 bits per heavy atom. The van der Waals surface area contributed by atoms with E-state index in [1.807, 2.05) is 42.5 Å². The molecule has 1 heterocycles. The van der Waals surface area contributed by atoms with Gasteiger partial charge < -0.3 is 0 Å². The minimum absolute atomic E-state index is 0.232. The molecule has 0 atom stereocenters. The molecular weight excluding hydrogens is 259 g/mol. The molecule has 0 aliphatic rings. The van der Waals surface area contributed by atoms with Crippen LogP contribution in [0.4, 0.5) is 3.89 Å². The van der Waals surface area contributed by atoms with Crippen LogP contribution in [0.25, 0.3) is 10.4 Å². The predicted octanol–water partition coefficient (Wildman–Crippen LogP) is 3.26. The molecule has 0 spiro atoms. The van der Waals surface area contributed by atoms with Crippen molar-refractivity contribution in [2.45, 2.75) is 6.42 Å². The molecule has 5 heteroatoms. The van der Waals surface area contributed by atoms with Gasteiger partial charge in [0.15, 0.2) is 0 Å². The van der Waals surface area contributed by atoms with Crippen molar-refractivity contribution in [2.75, 3.05) is 5.75 Å². The van der Waals surface area contributed by atoms with Crippen molar-refractivity contribution in [3.8, 4) is 10.4 Å². The molecule has 0 aliphatic heterocycles. The zero-order valence-corrected chi connectivity index (χ0v) is 10.6. The number of halogens is 1. The summed E-state index contributed by atoms with van der Waals surface area (Å²) in [6, 6.07) is 13.6. The lowest BCUT2D eigenvalue weighted by molar-refractivity contribution is 0.551. The Morgan fingerprint density at radius 1 is 1.06 bits per heavy atom.